The number of allylic oxidation sites excluding steroid dienone is 6. The van der Waals surface area contributed by atoms with Gasteiger partial charge in [-0.3, -0.25) is 9.59 Å². The van der Waals surface area contributed by atoms with E-state index < -0.39 is 17.3 Å². The van der Waals surface area contributed by atoms with E-state index in [1.807, 2.05) is 13.0 Å². The van der Waals surface area contributed by atoms with Crippen LogP contribution in [0.2, 0.25) is 0 Å². The van der Waals surface area contributed by atoms with Crippen molar-refractivity contribution in [2.75, 3.05) is 7.11 Å². The van der Waals surface area contributed by atoms with E-state index >= 15 is 0 Å². The van der Waals surface area contributed by atoms with Crippen LogP contribution in [0.3, 0.4) is 0 Å². The van der Waals surface area contributed by atoms with Gasteiger partial charge in [0.2, 0.25) is 11.6 Å². The minimum absolute atomic E-state index is 0.0152. The van der Waals surface area contributed by atoms with Gasteiger partial charge in [0.25, 0.3) is 0 Å². The minimum Gasteiger partial charge on any atom is -0.504 e. The Hall–Kier alpha value is -2.10. The van der Waals surface area contributed by atoms with Gasteiger partial charge in [-0.15, -0.1) is 0 Å². The second kappa shape index (κ2) is 8.07. The van der Waals surface area contributed by atoms with Crippen LogP contribution in [0.4, 0.5) is 0 Å². The number of Topliss-reactive ketones (excluding diaryl/α,β-unsaturated/α-hetero) is 1. The second-order valence-corrected chi connectivity index (χ2v) is 8.05. The van der Waals surface area contributed by atoms with Gasteiger partial charge in [-0.25, -0.2) is 0 Å². The van der Waals surface area contributed by atoms with Gasteiger partial charge in [0.1, 0.15) is 0 Å². The fourth-order valence-electron chi connectivity index (χ4n) is 3.97. The van der Waals surface area contributed by atoms with Gasteiger partial charge in [0, 0.05) is 6.08 Å². The molecule has 0 fully saturated rings. The van der Waals surface area contributed by atoms with Gasteiger partial charge in [0.05, 0.1) is 12.7 Å². The summed E-state index contributed by atoms with van der Waals surface area (Å²) in [6.07, 6.45) is 9.93. The van der Waals surface area contributed by atoms with Crippen molar-refractivity contribution in [3.8, 4) is 0 Å². The van der Waals surface area contributed by atoms with Gasteiger partial charge >= 0.3 is 0 Å². The summed E-state index contributed by atoms with van der Waals surface area (Å²) in [4.78, 5) is 24.0. The largest absolute Gasteiger partial charge is 0.504 e. The van der Waals surface area contributed by atoms with E-state index in [4.69, 9.17) is 4.74 Å². The van der Waals surface area contributed by atoms with Gasteiger partial charge in [-0.1, -0.05) is 37.1 Å². The molecule has 0 heterocycles. The maximum absolute atomic E-state index is 12.3. The quantitative estimate of drug-likeness (QED) is 0.537. The van der Waals surface area contributed by atoms with E-state index in [2.05, 4.69) is 26.8 Å². The van der Waals surface area contributed by atoms with E-state index in [0.717, 1.165) is 30.9 Å². The van der Waals surface area contributed by atoms with Crippen LogP contribution in [0.15, 0.2) is 46.5 Å². The SMILES string of the molecule is COC1=CC(=O)C(O)=C(C/C=C(\C)CCC2C(C)=CCCC2(C)C)C1=O. The van der Waals surface area contributed by atoms with Crippen LogP contribution in [-0.4, -0.2) is 23.8 Å². The van der Waals surface area contributed by atoms with Gasteiger partial charge in [0.15, 0.2) is 11.5 Å². The molecule has 0 radical (unpaired) electrons. The molecule has 0 amide bonds. The molecule has 2 rings (SSSR count). The first-order valence-electron chi connectivity index (χ1n) is 9.26. The molecule has 1 N–H and O–H groups in total. The van der Waals surface area contributed by atoms with Crippen molar-refractivity contribution < 1.29 is 19.4 Å². The summed E-state index contributed by atoms with van der Waals surface area (Å²) in [6, 6.07) is 0. The van der Waals surface area contributed by atoms with E-state index in [0.29, 0.717) is 11.3 Å². The first kappa shape index (κ1) is 20.2. The number of carbonyl (C=O) groups is 2. The molecule has 142 valence electrons. The molecule has 1 unspecified atom stereocenters. The molecule has 0 aliphatic heterocycles. The molecule has 26 heavy (non-hydrogen) atoms. The first-order valence-corrected chi connectivity index (χ1v) is 9.26. The van der Waals surface area contributed by atoms with Crippen molar-refractivity contribution in [3.05, 3.63) is 46.5 Å². The van der Waals surface area contributed by atoms with Crippen molar-refractivity contribution in [3.63, 3.8) is 0 Å². The lowest BCUT2D eigenvalue weighted by Gasteiger charge is -2.38. The molecule has 4 heteroatoms. The van der Waals surface area contributed by atoms with E-state index in [9.17, 15) is 14.7 Å². The Balaban J connectivity index is 2.03. The monoisotopic (exact) mass is 358 g/mol. The predicted molar refractivity (Wildman–Crippen MR) is 103 cm³/mol. The topological polar surface area (TPSA) is 63.6 Å². The van der Waals surface area contributed by atoms with Crippen molar-refractivity contribution in [2.45, 2.75) is 59.8 Å². The number of aliphatic hydroxyl groups excluding tert-OH is 1. The smallest absolute Gasteiger partial charge is 0.227 e. The first-order chi connectivity index (χ1) is 12.2. The number of rotatable bonds is 6. The summed E-state index contributed by atoms with van der Waals surface area (Å²) in [5, 5.41) is 9.94. The zero-order chi connectivity index (χ0) is 19.5. The summed E-state index contributed by atoms with van der Waals surface area (Å²) < 4.78 is 4.94. The molecule has 0 aromatic rings. The van der Waals surface area contributed by atoms with Crippen LogP contribution in [0.1, 0.15) is 59.8 Å². The van der Waals surface area contributed by atoms with Gasteiger partial charge < -0.3 is 9.84 Å². The number of carbonyl (C=O) groups excluding carboxylic acids is 2. The average Bonchev–Trinajstić information content (AvgIpc) is 2.57. The van der Waals surface area contributed by atoms with Crippen LogP contribution >= 0.6 is 0 Å². The third-order valence-electron chi connectivity index (χ3n) is 5.73. The average molecular weight is 358 g/mol. The Morgan fingerprint density at radius 1 is 1.38 bits per heavy atom. The van der Waals surface area contributed by atoms with E-state index in [-0.39, 0.29) is 17.8 Å². The molecular formula is C22H30O4. The van der Waals surface area contributed by atoms with Gasteiger partial charge in [-0.05, 0) is 57.3 Å². The third-order valence-corrected chi connectivity index (χ3v) is 5.73. The van der Waals surface area contributed by atoms with E-state index in [1.165, 1.54) is 19.1 Å². The fraction of sp³-hybridized carbons (Fsp3) is 0.545. The van der Waals surface area contributed by atoms with Gasteiger partial charge in [-0.2, -0.15) is 0 Å². The number of ketones is 2. The molecular weight excluding hydrogens is 328 g/mol. The van der Waals surface area contributed by atoms with E-state index in [1.54, 1.807) is 0 Å². The highest BCUT2D eigenvalue weighted by Crippen LogP contribution is 2.43. The van der Waals surface area contributed by atoms with Crippen LogP contribution in [0, 0.1) is 11.3 Å². The number of methoxy groups -OCH3 is 1. The minimum atomic E-state index is -0.577. The molecule has 0 saturated carbocycles. The second-order valence-electron chi connectivity index (χ2n) is 8.05. The fourth-order valence-corrected chi connectivity index (χ4v) is 3.97. The highest BCUT2D eigenvalue weighted by molar-refractivity contribution is 6.20. The molecule has 2 aliphatic rings. The van der Waals surface area contributed by atoms with Crippen molar-refractivity contribution in [1.29, 1.82) is 0 Å². The normalized spacial score (nSPS) is 23.7. The van der Waals surface area contributed by atoms with Crippen LogP contribution in [0.25, 0.3) is 0 Å². The molecule has 0 bridgehead atoms. The zero-order valence-electron chi connectivity index (χ0n) is 16.5. The maximum Gasteiger partial charge on any atom is 0.227 e. The van der Waals surface area contributed by atoms with Crippen molar-refractivity contribution in [1.82, 2.24) is 0 Å². The Labute approximate surface area is 156 Å². The molecule has 1 atom stereocenters. The summed E-state index contributed by atoms with van der Waals surface area (Å²) >= 11 is 0. The Morgan fingerprint density at radius 2 is 2.08 bits per heavy atom. The standard InChI is InChI=1S/C22H30O4/c1-14(9-11-17-15(2)7-6-12-22(17,3)4)8-10-16-20(24)18(23)13-19(26-5)21(16)25/h7-8,13,17,24H,6,9-12H2,1-5H3/b14-8+. The lowest BCUT2D eigenvalue weighted by atomic mass is 9.67. The summed E-state index contributed by atoms with van der Waals surface area (Å²) in [5.74, 6) is -0.910. The Morgan fingerprint density at radius 3 is 2.69 bits per heavy atom. The summed E-state index contributed by atoms with van der Waals surface area (Å²) in [7, 11) is 1.35. The molecule has 2 aliphatic carbocycles. The Kier molecular flexibility index (Phi) is 6.27. The molecule has 4 nitrogen and oxygen atoms in total. The number of aliphatic hydroxyl groups is 1. The molecule has 0 aromatic carbocycles. The highest BCUT2D eigenvalue weighted by Gasteiger charge is 2.32. The maximum atomic E-state index is 12.3. The molecule has 0 saturated heterocycles. The lowest BCUT2D eigenvalue weighted by Crippen LogP contribution is -2.27. The predicted octanol–water partition coefficient (Wildman–Crippen LogP) is 4.98. The van der Waals surface area contributed by atoms with Crippen molar-refractivity contribution >= 4 is 11.6 Å². The molecule has 0 aromatic heterocycles. The zero-order valence-corrected chi connectivity index (χ0v) is 16.5. The lowest BCUT2D eigenvalue weighted by molar-refractivity contribution is -0.119. The number of hydrogen-bond acceptors (Lipinski definition) is 4. The summed E-state index contributed by atoms with van der Waals surface area (Å²) in [5.41, 5.74) is 3.05. The highest BCUT2D eigenvalue weighted by atomic mass is 16.5. The van der Waals surface area contributed by atoms with Crippen LogP contribution in [-0.2, 0) is 14.3 Å². The van der Waals surface area contributed by atoms with Crippen LogP contribution < -0.4 is 0 Å². The summed E-state index contributed by atoms with van der Waals surface area (Å²) in [6.45, 7) is 8.93. The number of ether oxygens (including phenoxy) is 1. The number of hydrogen-bond donors (Lipinski definition) is 1. The van der Waals surface area contributed by atoms with Crippen LogP contribution in [0.5, 0.6) is 0 Å². The van der Waals surface area contributed by atoms with Crippen molar-refractivity contribution in [2.24, 2.45) is 11.3 Å². The Bertz CT molecular complexity index is 716. The molecule has 0 spiro atoms. The third kappa shape index (κ3) is 4.35.